The number of hydrogen-bond donors (Lipinski definition) is 0. The Hall–Kier alpha value is -2.29. The van der Waals surface area contributed by atoms with Gasteiger partial charge in [0, 0.05) is 0 Å². The highest BCUT2D eigenvalue weighted by Crippen LogP contribution is 2.12. The van der Waals surface area contributed by atoms with Crippen LogP contribution in [0, 0.1) is 0 Å². The van der Waals surface area contributed by atoms with Gasteiger partial charge in [-0.05, 0) is 37.8 Å². The molecule has 0 aromatic rings. The molecule has 0 aromatic carbocycles. The summed E-state index contributed by atoms with van der Waals surface area (Å²) in [6.45, 7) is 4.54. The fourth-order valence-corrected chi connectivity index (χ4v) is 4.41. The van der Waals surface area contributed by atoms with Crippen molar-refractivity contribution >= 4 is 6.16 Å². The van der Waals surface area contributed by atoms with Gasteiger partial charge in [0.25, 0.3) is 0 Å². The molecule has 0 aliphatic carbocycles. The molecule has 0 aromatic heterocycles. The van der Waals surface area contributed by atoms with E-state index in [2.05, 4.69) is 26.0 Å². The zero-order chi connectivity index (χ0) is 29.0. The molecule has 0 rings (SSSR count). The maximum Gasteiger partial charge on any atom is 0.518 e. The van der Waals surface area contributed by atoms with Crippen molar-refractivity contribution in [3.8, 4) is 0 Å². The molecule has 0 aliphatic rings. The molecule has 0 heterocycles. The van der Waals surface area contributed by atoms with E-state index < -0.39 is 6.16 Å². The Morgan fingerprint density at radius 2 is 0.700 bits per heavy atom. The number of unbranched alkanes of at least 4 members (excludes halogenated alkanes) is 20. The summed E-state index contributed by atoms with van der Waals surface area (Å²) < 4.78 is 9.77. The van der Waals surface area contributed by atoms with Crippen molar-refractivity contribution < 1.29 is 14.3 Å². The lowest BCUT2D eigenvalue weighted by Crippen LogP contribution is -1.97. The molecule has 0 fully saturated rings. The molecule has 0 unspecified atom stereocenters. The Balaban J connectivity index is 3.55. The van der Waals surface area contributed by atoms with Crippen LogP contribution in [-0.4, -0.2) is 6.16 Å². The lowest BCUT2D eigenvalue weighted by molar-refractivity contribution is 0.119. The lowest BCUT2D eigenvalue weighted by atomic mass is 10.1. The number of ether oxygens (including phenoxy) is 2. The van der Waals surface area contributed by atoms with Gasteiger partial charge in [-0.1, -0.05) is 178 Å². The van der Waals surface area contributed by atoms with Gasteiger partial charge in [0.15, 0.2) is 0 Å². The summed E-state index contributed by atoms with van der Waals surface area (Å²) in [5, 5.41) is 0. The maximum absolute atomic E-state index is 11.5. The highest BCUT2D eigenvalue weighted by atomic mass is 16.7. The van der Waals surface area contributed by atoms with Gasteiger partial charge < -0.3 is 9.47 Å². The van der Waals surface area contributed by atoms with Crippen molar-refractivity contribution in [3.05, 3.63) is 73.3 Å². The zero-order valence-corrected chi connectivity index (χ0v) is 26.2. The molecule has 0 saturated heterocycles. The van der Waals surface area contributed by atoms with Crippen LogP contribution in [0.15, 0.2) is 73.3 Å². The van der Waals surface area contributed by atoms with Crippen LogP contribution in [0.4, 0.5) is 4.79 Å². The normalized spacial score (nSPS) is 12.4. The van der Waals surface area contributed by atoms with Crippen LogP contribution in [0.2, 0.25) is 0 Å². The standard InChI is InChI=1S/C37H62O3/c1-3-5-7-9-11-13-15-17-19-21-23-25-27-29-31-33-35-39-37(38)40-36-34-32-30-28-26-24-22-20-18-16-14-12-10-8-6-4-2/h25-36H,3-24H2,1-2H3. The molecule has 3 nitrogen and oxygen atoms in total. The van der Waals surface area contributed by atoms with Crippen LogP contribution in [0.25, 0.3) is 0 Å². The Labute approximate surface area is 248 Å². The minimum atomic E-state index is -0.748. The van der Waals surface area contributed by atoms with Crippen molar-refractivity contribution in [2.75, 3.05) is 0 Å². The highest BCUT2D eigenvalue weighted by molar-refractivity contribution is 5.61. The van der Waals surface area contributed by atoms with E-state index in [4.69, 9.17) is 9.47 Å². The van der Waals surface area contributed by atoms with E-state index in [0.717, 1.165) is 12.8 Å². The lowest BCUT2D eigenvalue weighted by Gasteiger charge is -2.01. The Morgan fingerprint density at radius 3 is 1.05 bits per heavy atom. The van der Waals surface area contributed by atoms with Gasteiger partial charge >= 0.3 is 6.16 Å². The number of hydrogen-bond acceptors (Lipinski definition) is 3. The van der Waals surface area contributed by atoms with E-state index in [-0.39, 0.29) is 0 Å². The SMILES string of the molecule is CCCCCCCCCCCCC=CC=CC=COC(=O)OC=CC=CC=CCCCCCCCCCCCC. The van der Waals surface area contributed by atoms with E-state index in [1.165, 1.54) is 141 Å². The molecule has 0 N–H and O–H groups in total. The van der Waals surface area contributed by atoms with Crippen molar-refractivity contribution in [2.45, 2.75) is 155 Å². The molecule has 228 valence electrons. The zero-order valence-electron chi connectivity index (χ0n) is 26.2. The van der Waals surface area contributed by atoms with Gasteiger partial charge in [-0.15, -0.1) is 0 Å². The van der Waals surface area contributed by atoms with E-state index in [1.54, 1.807) is 12.2 Å². The first-order valence-corrected chi connectivity index (χ1v) is 16.6. The van der Waals surface area contributed by atoms with Crippen molar-refractivity contribution in [3.63, 3.8) is 0 Å². The smallest absolute Gasteiger partial charge is 0.403 e. The quantitative estimate of drug-likeness (QED) is 0.0417. The largest absolute Gasteiger partial charge is 0.518 e. The first-order valence-electron chi connectivity index (χ1n) is 16.6. The molecule has 0 amide bonds. The van der Waals surface area contributed by atoms with Crippen LogP contribution < -0.4 is 0 Å². The Kier molecular flexibility index (Phi) is 32.7. The summed E-state index contributed by atoms with van der Waals surface area (Å²) in [5.41, 5.74) is 0. The predicted molar refractivity (Wildman–Crippen MR) is 175 cm³/mol. The van der Waals surface area contributed by atoms with E-state index in [1.807, 2.05) is 36.5 Å². The molecule has 0 radical (unpaired) electrons. The average molecular weight is 555 g/mol. The number of rotatable bonds is 28. The van der Waals surface area contributed by atoms with Gasteiger partial charge in [-0.2, -0.15) is 0 Å². The topological polar surface area (TPSA) is 35.5 Å². The molecule has 0 bridgehead atoms. The van der Waals surface area contributed by atoms with Crippen LogP contribution in [0.5, 0.6) is 0 Å². The van der Waals surface area contributed by atoms with E-state index >= 15 is 0 Å². The summed E-state index contributed by atoms with van der Waals surface area (Å²) in [6, 6.07) is 0. The molecular formula is C37H62O3. The van der Waals surface area contributed by atoms with Crippen LogP contribution in [-0.2, 0) is 9.47 Å². The summed E-state index contributed by atoms with van der Waals surface area (Å²) in [7, 11) is 0. The molecule has 40 heavy (non-hydrogen) atoms. The third-order valence-electron chi connectivity index (χ3n) is 6.87. The second-order valence-electron chi connectivity index (χ2n) is 10.7. The Morgan fingerprint density at radius 1 is 0.400 bits per heavy atom. The minimum Gasteiger partial charge on any atom is -0.403 e. The molecule has 0 aliphatic heterocycles. The van der Waals surface area contributed by atoms with Crippen LogP contribution >= 0.6 is 0 Å². The van der Waals surface area contributed by atoms with Gasteiger partial charge in [0.2, 0.25) is 0 Å². The number of carbonyl (C=O) groups excluding carboxylic acids is 1. The first-order chi connectivity index (χ1) is 19.8. The second kappa shape index (κ2) is 34.7. The van der Waals surface area contributed by atoms with Gasteiger partial charge in [-0.3, -0.25) is 0 Å². The number of carbonyl (C=O) groups is 1. The molecular weight excluding hydrogens is 492 g/mol. The minimum absolute atomic E-state index is 0.748. The Bertz CT molecular complexity index is 638. The third kappa shape index (κ3) is 33.7. The fraction of sp³-hybridized carbons (Fsp3) is 0.649. The van der Waals surface area contributed by atoms with Crippen molar-refractivity contribution in [1.82, 2.24) is 0 Å². The second-order valence-corrected chi connectivity index (χ2v) is 10.7. The maximum atomic E-state index is 11.5. The van der Waals surface area contributed by atoms with Gasteiger partial charge in [-0.25, -0.2) is 4.79 Å². The van der Waals surface area contributed by atoms with Crippen molar-refractivity contribution in [2.24, 2.45) is 0 Å². The third-order valence-corrected chi connectivity index (χ3v) is 6.87. The van der Waals surface area contributed by atoms with Crippen LogP contribution in [0.3, 0.4) is 0 Å². The molecule has 0 saturated carbocycles. The number of allylic oxidation sites excluding steroid dienone is 10. The predicted octanol–water partition coefficient (Wildman–Crippen LogP) is 13.0. The van der Waals surface area contributed by atoms with Crippen molar-refractivity contribution in [1.29, 1.82) is 0 Å². The molecule has 0 atom stereocenters. The summed E-state index contributed by atoms with van der Waals surface area (Å²) >= 11 is 0. The van der Waals surface area contributed by atoms with E-state index in [9.17, 15) is 4.79 Å². The summed E-state index contributed by atoms with van der Waals surface area (Å²) in [5.74, 6) is 0. The molecule has 3 heteroatoms. The first kappa shape index (κ1) is 37.7. The highest BCUT2D eigenvalue weighted by Gasteiger charge is 1.96. The monoisotopic (exact) mass is 554 g/mol. The summed E-state index contributed by atoms with van der Waals surface area (Å²) in [6.07, 6.45) is 50.8. The average Bonchev–Trinajstić information content (AvgIpc) is 2.96. The fourth-order valence-electron chi connectivity index (χ4n) is 4.41. The van der Waals surface area contributed by atoms with Crippen LogP contribution in [0.1, 0.15) is 155 Å². The van der Waals surface area contributed by atoms with Gasteiger partial charge in [0.05, 0.1) is 12.5 Å². The van der Waals surface area contributed by atoms with E-state index in [0.29, 0.717) is 0 Å². The molecule has 0 spiro atoms. The van der Waals surface area contributed by atoms with Gasteiger partial charge in [0.1, 0.15) is 0 Å². The summed E-state index contributed by atoms with van der Waals surface area (Å²) in [4.78, 5) is 11.5.